The predicted octanol–water partition coefficient (Wildman–Crippen LogP) is 3.25. The van der Waals surface area contributed by atoms with Crippen molar-refractivity contribution in [2.24, 2.45) is 5.92 Å². The third-order valence-corrected chi connectivity index (χ3v) is 7.55. The van der Waals surface area contributed by atoms with Crippen molar-refractivity contribution in [2.75, 3.05) is 33.0 Å². The minimum atomic E-state index is -3.16. The Hall–Kier alpha value is -1.64. The van der Waals surface area contributed by atoms with E-state index >= 15 is 0 Å². The van der Waals surface area contributed by atoms with Crippen LogP contribution in [0.1, 0.15) is 54.9 Å². The van der Waals surface area contributed by atoms with Gasteiger partial charge in [-0.05, 0) is 48.3 Å². The largest absolute Gasteiger partial charge is 0.465 e. The number of rotatable bonds is 7. The number of carbonyl (C=O) groups is 1. The second-order valence-corrected chi connectivity index (χ2v) is 10.2. The van der Waals surface area contributed by atoms with E-state index < -0.39 is 16.1 Å². The van der Waals surface area contributed by atoms with Gasteiger partial charge in [0.25, 0.3) is 0 Å². The molecule has 7 nitrogen and oxygen atoms in total. The maximum absolute atomic E-state index is 11.8. The van der Waals surface area contributed by atoms with E-state index in [1.807, 2.05) is 6.07 Å². The Morgan fingerprint density at radius 1 is 1.24 bits per heavy atom. The molecule has 1 aromatic rings. The van der Waals surface area contributed by atoms with E-state index in [-0.39, 0.29) is 6.10 Å². The van der Waals surface area contributed by atoms with Crippen molar-refractivity contribution in [3.8, 4) is 0 Å². The Morgan fingerprint density at radius 2 is 1.97 bits per heavy atom. The van der Waals surface area contributed by atoms with E-state index in [4.69, 9.17) is 9.84 Å². The second kappa shape index (κ2) is 9.45. The smallest absolute Gasteiger partial charge is 0.407 e. The summed E-state index contributed by atoms with van der Waals surface area (Å²) >= 11 is 0. The van der Waals surface area contributed by atoms with Crippen LogP contribution in [0.4, 0.5) is 4.79 Å². The van der Waals surface area contributed by atoms with Crippen molar-refractivity contribution in [1.82, 2.24) is 9.21 Å². The molecule has 0 radical (unpaired) electrons. The summed E-state index contributed by atoms with van der Waals surface area (Å²) in [6.07, 6.45) is 6.19. The summed E-state index contributed by atoms with van der Waals surface area (Å²) in [5.41, 5.74) is 3.44. The Kier molecular flexibility index (Phi) is 7.19. The molecule has 1 fully saturated rings. The predicted molar refractivity (Wildman–Crippen MR) is 111 cm³/mol. The number of amides is 1. The molecule has 1 N–H and O–H groups in total. The van der Waals surface area contributed by atoms with Crippen molar-refractivity contribution in [2.45, 2.75) is 51.2 Å². The van der Waals surface area contributed by atoms with Crippen molar-refractivity contribution < 1.29 is 23.1 Å². The van der Waals surface area contributed by atoms with Crippen LogP contribution in [0.25, 0.3) is 0 Å². The Bertz CT molecular complexity index is 818. The zero-order valence-electron chi connectivity index (χ0n) is 17.3. The Morgan fingerprint density at radius 3 is 2.59 bits per heavy atom. The minimum absolute atomic E-state index is 0.0346. The molecular weight excluding hydrogens is 392 g/mol. The number of benzene rings is 1. The van der Waals surface area contributed by atoms with E-state index in [9.17, 15) is 13.2 Å². The van der Waals surface area contributed by atoms with Crippen LogP contribution in [0.5, 0.6) is 0 Å². The number of likely N-dealkylation sites (tertiary alicyclic amines) is 1. The summed E-state index contributed by atoms with van der Waals surface area (Å²) in [7, 11) is -1.42. The minimum Gasteiger partial charge on any atom is -0.465 e. The van der Waals surface area contributed by atoms with Crippen LogP contribution in [0, 0.1) is 5.92 Å². The van der Waals surface area contributed by atoms with E-state index in [2.05, 4.69) is 12.1 Å². The molecule has 1 atom stereocenters. The fraction of sp³-hybridized carbons (Fsp3) is 0.667. The van der Waals surface area contributed by atoms with Gasteiger partial charge in [-0.1, -0.05) is 31.0 Å². The lowest BCUT2D eigenvalue weighted by atomic mass is 9.90. The molecule has 0 spiro atoms. The number of hydrogen-bond acceptors (Lipinski definition) is 4. The molecule has 2 aliphatic rings. The van der Waals surface area contributed by atoms with Crippen LogP contribution in [-0.4, -0.2) is 61.8 Å². The van der Waals surface area contributed by atoms with Crippen LogP contribution in [0.3, 0.4) is 0 Å². The number of ether oxygens (including phenoxy) is 1. The summed E-state index contributed by atoms with van der Waals surface area (Å²) < 4.78 is 30.9. The zero-order valence-corrected chi connectivity index (χ0v) is 18.2. The van der Waals surface area contributed by atoms with Crippen LogP contribution in [0.15, 0.2) is 18.2 Å². The zero-order chi connectivity index (χ0) is 21.0. The van der Waals surface area contributed by atoms with Crippen molar-refractivity contribution in [3.05, 3.63) is 34.9 Å². The van der Waals surface area contributed by atoms with Gasteiger partial charge in [0.05, 0.1) is 12.4 Å². The third kappa shape index (κ3) is 5.71. The molecule has 1 aromatic carbocycles. The van der Waals surface area contributed by atoms with Crippen molar-refractivity contribution in [3.63, 3.8) is 0 Å². The molecule has 3 rings (SSSR count). The van der Waals surface area contributed by atoms with Gasteiger partial charge in [-0.2, -0.15) is 4.31 Å². The lowest BCUT2D eigenvalue weighted by Crippen LogP contribution is -2.37. The van der Waals surface area contributed by atoms with Gasteiger partial charge < -0.3 is 14.7 Å². The van der Waals surface area contributed by atoms with Gasteiger partial charge >= 0.3 is 6.09 Å². The average Bonchev–Trinajstić information content (AvgIpc) is 2.70. The monoisotopic (exact) mass is 424 g/mol. The maximum Gasteiger partial charge on any atom is 0.407 e. The van der Waals surface area contributed by atoms with E-state index in [0.29, 0.717) is 32.1 Å². The number of piperidine rings is 1. The topological polar surface area (TPSA) is 87.2 Å². The molecule has 2 heterocycles. The lowest BCUT2D eigenvalue weighted by Gasteiger charge is -2.30. The van der Waals surface area contributed by atoms with Gasteiger partial charge in [0.2, 0.25) is 10.0 Å². The molecule has 2 aliphatic heterocycles. The molecule has 0 aromatic heterocycles. The number of sulfonamides is 1. The molecule has 0 aliphatic carbocycles. The SMILES string of the molecule is COC(CCCC1CCN(C(=O)O)CC1)c1ccc2c(c1)CCN(S(C)(=O)=O)C2. The first-order chi connectivity index (χ1) is 13.8. The Labute approximate surface area is 173 Å². The van der Waals surface area contributed by atoms with Gasteiger partial charge in [-0.3, -0.25) is 0 Å². The second-order valence-electron chi connectivity index (χ2n) is 8.24. The van der Waals surface area contributed by atoms with E-state index in [1.165, 1.54) is 21.0 Å². The molecule has 1 saturated heterocycles. The van der Waals surface area contributed by atoms with Crippen molar-refractivity contribution >= 4 is 16.1 Å². The van der Waals surface area contributed by atoms with Gasteiger partial charge in [0.1, 0.15) is 0 Å². The molecule has 0 bridgehead atoms. The van der Waals surface area contributed by atoms with E-state index in [0.717, 1.165) is 49.7 Å². The highest BCUT2D eigenvalue weighted by Crippen LogP contribution is 2.30. The fourth-order valence-corrected chi connectivity index (χ4v) is 5.25. The first-order valence-corrected chi connectivity index (χ1v) is 12.2. The molecule has 1 amide bonds. The van der Waals surface area contributed by atoms with Gasteiger partial charge in [-0.15, -0.1) is 0 Å². The number of hydrogen-bond donors (Lipinski definition) is 1. The maximum atomic E-state index is 11.8. The summed E-state index contributed by atoms with van der Waals surface area (Å²) in [5.74, 6) is 0.591. The number of methoxy groups -OCH3 is 1. The number of carboxylic acid groups (broad SMARTS) is 1. The van der Waals surface area contributed by atoms with Crippen LogP contribution >= 0.6 is 0 Å². The average molecular weight is 425 g/mol. The normalized spacial score (nSPS) is 19.7. The van der Waals surface area contributed by atoms with Gasteiger partial charge in [0.15, 0.2) is 0 Å². The quantitative estimate of drug-likeness (QED) is 0.726. The third-order valence-electron chi connectivity index (χ3n) is 6.30. The van der Waals surface area contributed by atoms with Crippen LogP contribution in [0.2, 0.25) is 0 Å². The molecule has 162 valence electrons. The number of nitrogens with zero attached hydrogens (tertiary/aromatic N) is 2. The number of fused-ring (bicyclic) bond motifs is 1. The highest BCUT2D eigenvalue weighted by Gasteiger charge is 2.25. The summed E-state index contributed by atoms with van der Waals surface area (Å²) in [6, 6.07) is 6.27. The summed E-state index contributed by atoms with van der Waals surface area (Å²) in [4.78, 5) is 12.5. The fourth-order valence-electron chi connectivity index (χ4n) is 4.46. The molecule has 1 unspecified atom stereocenters. The highest BCUT2D eigenvalue weighted by atomic mass is 32.2. The standard InChI is InChI=1S/C21H32N2O5S/c1-28-20(5-3-4-16-8-11-22(12-9-16)21(24)25)18-6-7-19-15-23(29(2,26)27)13-10-17(19)14-18/h6-7,14,16,20H,3-5,8-13,15H2,1-2H3,(H,24,25). The van der Waals surface area contributed by atoms with E-state index in [1.54, 1.807) is 7.11 Å². The highest BCUT2D eigenvalue weighted by molar-refractivity contribution is 7.88. The van der Waals surface area contributed by atoms with Crippen LogP contribution in [-0.2, 0) is 27.7 Å². The van der Waals surface area contributed by atoms with Crippen molar-refractivity contribution in [1.29, 1.82) is 0 Å². The van der Waals surface area contributed by atoms with Gasteiger partial charge in [0, 0.05) is 33.3 Å². The molecule has 29 heavy (non-hydrogen) atoms. The molecular formula is C21H32N2O5S. The Balaban J connectivity index is 1.52. The summed E-state index contributed by atoms with van der Waals surface area (Å²) in [5, 5.41) is 9.05. The molecule has 8 heteroatoms. The molecule has 0 saturated carbocycles. The first-order valence-electron chi connectivity index (χ1n) is 10.4. The summed E-state index contributed by atoms with van der Waals surface area (Å²) in [6.45, 7) is 2.26. The van der Waals surface area contributed by atoms with Gasteiger partial charge in [-0.25, -0.2) is 13.2 Å². The lowest BCUT2D eigenvalue weighted by molar-refractivity contribution is 0.0891. The van der Waals surface area contributed by atoms with Crippen LogP contribution < -0.4 is 0 Å². The first kappa shape index (κ1) is 22.1.